The van der Waals surface area contributed by atoms with Crippen LogP contribution in [0.1, 0.15) is 10.4 Å². The molecule has 5 N–H and O–H groups in total. The number of hydrogen-bond acceptors (Lipinski definition) is 5. The molecule has 0 saturated carbocycles. The van der Waals surface area contributed by atoms with Gasteiger partial charge in [-0.2, -0.15) is 0 Å². The van der Waals surface area contributed by atoms with Crippen LogP contribution in [-0.2, 0) is 10.8 Å². The van der Waals surface area contributed by atoms with Gasteiger partial charge in [0.15, 0.2) is 0 Å². The molecule has 1 amide bonds. The Balaban J connectivity index is 2.71. The standard InChI is InChI=1S/C9H14N4O2S/c1-16(15)3-2-12-8-4-6(9(11)14)7(10)5-13-8/h4-5H,2-3,10H2,1H3,(H2,11,14)(H,12,13). The molecule has 1 aromatic rings. The van der Waals surface area contributed by atoms with Crippen molar-refractivity contribution < 1.29 is 9.00 Å². The average molecular weight is 242 g/mol. The minimum absolute atomic E-state index is 0.232. The Morgan fingerprint density at radius 2 is 2.31 bits per heavy atom. The van der Waals surface area contributed by atoms with E-state index in [0.717, 1.165) is 0 Å². The van der Waals surface area contributed by atoms with Crippen molar-refractivity contribution in [2.24, 2.45) is 5.73 Å². The first-order valence-corrected chi connectivity index (χ1v) is 6.32. The quantitative estimate of drug-likeness (QED) is 0.647. The molecule has 0 aliphatic rings. The van der Waals surface area contributed by atoms with E-state index in [1.807, 2.05) is 0 Å². The Kier molecular flexibility index (Phi) is 4.24. The van der Waals surface area contributed by atoms with Crippen molar-refractivity contribution >= 4 is 28.2 Å². The van der Waals surface area contributed by atoms with E-state index < -0.39 is 16.7 Å². The Labute approximate surface area is 95.9 Å². The lowest BCUT2D eigenvalue weighted by Crippen LogP contribution is -2.16. The number of primary amides is 1. The summed E-state index contributed by atoms with van der Waals surface area (Å²) in [5.74, 6) is 0.410. The fourth-order valence-electron chi connectivity index (χ4n) is 1.10. The van der Waals surface area contributed by atoms with Crippen LogP contribution in [0, 0.1) is 0 Å². The summed E-state index contributed by atoms with van der Waals surface area (Å²) in [6.45, 7) is 0.512. The van der Waals surface area contributed by atoms with Crippen LogP contribution in [0.3, 0.4) is 0 Å². The molecule has 0 radical (unpaired) electrons. The van der Waals surface area contributed by atoms with Crippen molar-refractivity contribution in [1.29, 1.82) is 0 Å². The third kappa shape index (κ3) is 3.50. The number of nitrogens with zero attached hydrogens (tertiary/aromatic N) is 1. The largest absolute Gasteiger partial charge is 0.397 e. The second kappa shape index (κ2) is 5.45. The third-order valence-corrected chi connectivity index (χ3v) is 2.67. The first kappa shape index (κ1) is 12.4. The van der Waals surface area contributed by atoms with Crippen molar-refractivity contribution in [2.45, 2.75) is 0 Å². The summed E-state index contributed by atoms with van der Waals surface area (Å²) in [6, 6.07) is 1.48. The zero-order chi connectivity index (χ0) is 12.1. The highest BCUT2D eigenvalue weighted by atomic mass is 32.2. The molecule has 1 aromatic heterocycles. The molecular formula is C9H14N4O2S. The summed E-state index contributed by atoms with van der Waals surface area (Å²) in [5, 5.41) is 2.93. The highest BCUT2D eigenvalue weighted by Crippen LogP contribution is 2.13. The molecule has 88 valence electrons. The van der Waals surface area contributed by atoms with Crippen molar-refractivity contribution in [3.8, 4) is 0 Å². The van der Waals surface area contributed by atoms with Gasteiger partial charge in [0.1, 0.15) is 5.82 Å². The van der Waals surface area contributed by atoms with Gasteiger partial charge in [-0.1, -0.05) is 0 Å². The summed E-state index contributed by atoms with van der Waals surface area (Å²) < 4.78 is 10.8. The fraction of sp³-hybridized carbons (Fsp3) is 0.333. The number of nitrogens with two attached hydrogens (primary N) is 2. The molecular weight excluding hydrogens is 228 g/mol. The van der Waals surface area contributed by atoms with Crippen molar-refractivity contribution in [3.63, 3.8) is 0 Å². The van der Waals surface area contributed by atoms with Crippen molar-refractivity contribution in [2.75, 3.05) is 29.6 Å². The lowest BCUT2D eigenvalue weighted by molar-refractivity contribution is 0.100. The molecule has 0 spiro atoms. The molecule has 1 heterocycles. The second-order valence-electron chi connectivity index (χ2n) is 3.23. The van der Waals surface area contributed by atoms with E-state index in [9.17, 15) is 9.00 Å². The van der Waals surface area contributed by atoms with E-state index in [0.29, 0.717) is 18.1 Å². The Morgan fingerprint density at radius 3 is 2.88 bits per heavy atom. The number of rotatable bonds is 5. The Bertz CT molecular complexity index is 422. The number of nitrogen functional groups attached to an aromatic ring is 1. The molecule has 0 saturated heterocycles. The van der Waals surface area contributed by atoms with Crippen LogP contribution in [0.4, 0.5) is 11.5 Å². The summed E-state index contributed by atoms with van der Waals surface area (Å²) in [5.41, 5.74) is 11.1. The molecule has 1 rings (SSSR count). The molecule has 7 heteroatoms. The summed E-state index contributed by atoms with van der Waals surface area (Å²) in [7, 11) is -0.864. The number of nitrogens with one attached hydrogen (secondary N) is 1. The van der Waals surface area contributed by atoms with Gasteiger partial charge < -0.3 is 16.8 Å². The van der Waals surface area contributed by atoms with Crippen LogP contribution in [0.25, 0.3) is 0 Å². The summed E-state index contributed by atoms with van der Waals surface area (Å²) in [4.78, 5) is 15.0. The van der Waals surface area contributed by atoms with Crippen LogP contribution in [0.2, 0.25) is 0 Å². The van der Waals surface area contributed by atoms with E-state index >= 15 is 0 Å². The molecule has 0 bridgehead atoms. The van der Waals surface area contributed by atoms with E-state index in [1.54, 1.807) is 6.26 Å². The maximum Gasteiger partial charge on any atom is 0.250 e. The van der Waals surface area contributed by atoms with E-state index in [2.05, 4.69) is 10.3 Å². The summed E-state index contributed by atoms with van der Waals surface area (Å²) >= 11 is 0. The van der Waals surface area contributed by atoms with Gasteiger partial charge >= 0.3 is 0 Å². The minimum Gasteiger partial charge on any atom is -0.397 e. The number of carbonyl (C=O) groups excluding carboxylic acids is 1. The topological polar surface area (TPSA) is 111 Å². The molecule has 1 atom stereocenters. The number of hydrogen-bond donors (Lipinski definition) is 3. The third-order valence-electron chi connectivity index (χ3n) is 1.90. The molecule has 16 heavy (non-hydrogen) atoms. The predicted molar refractivity (Wildman–Crippen MR) is 64.6 cm³/mol. The van der Waals surface area contributed by atoms with Gasteiger partial charge in [-0.15, -0.1) is 0 Å². The van der Waals surface area contributed by atoms with E-state index in [-0.39, 0.29) is 11.3 Å². The van der Waals surface area contributed by atoms with Crippen LogP contribution >= 0.6 is 0 Å². The number of anilines is 2. The zero-order valence-corrected chi connectivity index (χ0v) is 9.71. The smallest absolute Gasteiger partial charge is 0.250 e. The maximum atomic E-state index is 11.0. The van der Waals surface area contributed by atoms with Gasteiger partial charge in [-0.3, -0.25) is 9.00 Å². The summed E-state index contributed by atoms with van der Waals surface area (Å²) in [6.07, 6.45) is 2.98. The van der Waals surface area contributed by atoms with Gasteiger partial charge in [-0.25, -0.2) is 4.98 Å². The van der Waals surface area contributed by atoms with Gasteiger partial charge in [0.25, 0.3) is 5.91 Å². The monoisotopic (exact) mass is 242 g/mol. The molecule has 0 aliphatic carbocycles. The fourth-order valence-corrected chi connectivity index (χ4v) is 1.49. The Morgan fingerprint density at radius 1 is 1.62 bits per heavy atom. The highest BCUT2D eigenvalue weighted by molar-refractivity contribution is 7.84. The molecule has 0 aromatic carbocycles. The van der Waals surface area contributed by atoms with Gasteiger partial charge in [-0.05, 0) is 6.07 Å². The number of aromatic nitrogens is 1. The number of amides is 1. The molecule has 0 aliphatic heterocycles. The predicted octanol–water partition coefficient (Wildman–Crippen LogP) is -0.447. The second-order valence-corrected chi connectivity index (χ2v) is 4.78. The van der Waals surface area contributed by atoms with Gasteiger partial charge in [0, 0.05) is 29.4 Å². The lowest BCUT2D eigenvalue weighted by atomic mass is 10.2. The van der Waals surface area contributed by atoms with Crippen molar-refractivity contribution in [1.82, 2.24) is 4.98 Å². The van der Waals surface area contributed by atoms with Crippen LogP contribution in [0.15, 0.2) is 12.3 Å². The van der Waals surface area contributed by atoms with Crippen LogP contribution in [0.5, 0.6) is 0 Å². The van der Waals surface area contributed by atoms with E-state index in [1.165, 1.54) is 12.3 Å². The highest BCUT2D eigenvalue weighted by Gasteiger charge is 2.07. The molecule has 1 unspecified atom stereocenters. The first-order valence-electron chi connectivity index (χ1n) is 4.60. The normalized spacial score (nSPS) is 12.1. The van der Waals surface area contributed by atoms with Gasteiger partial charge in [0.05, 0.1) is 17.4 Å². The van der Waals surface area contributed by atoms with Crippen LogP contribution in [-0.4, -0.2) is 33.7 Å². The van der Waals surface area contributed by atoms with Gasteiger partial charge in [0.2, 0.25) is 0 Å². The van der Waals surface area contributed by atoms with E-state index in [4.69, 9.17) is 11.5 Å². The maximum absolute atomic E-state index is 11.0. The average Bonchev–Trinajstić information content (AvgIpc) is 2.19. The zero-order valence-electron chi connectivity index (χ0n) is 8.90. The molecule has 0 fully saturated rings. The van der Waals surface area contributed by atoms with Crippen molar-refractivity contribution in [3.05, 3.63) is 17.8 Å². The minimum atomic E-state index is -0.864. The lowest BCUT2D eigenvalue weighted by Gasteiger charge is -2.07. The first-order chi connectivity index (χ1) is 7.50. The SMILES string of the molecule is CS(=O)CCNc1cc(C(N)=O)c(N)cn1. The number of pyridine rings is 1. The Hall–Kier alpha value is -1.63. The number of carbonyl (C=O) groups is 1. The van der Waals surface area contributed by atoms with Crippen LogP contribution < -0.4 is 16.8 Å². The molecule has 6 nitrogen and oxygen atoms in total.